The first kappa shape index (κ1) is 19.6. The molecule has 0 aromatic heterocycles. The average molecular weight is 392 g/mol. The number of hydrogen-bond acceptors (Lipinski definition) is 5. The molecule has 3 aromatic rings. The Bertz CT molecular complexity index is 933. The Morgan fingerprint density at radius 3 is 2.52 bits per heavy atom. The summed E-state index contributed by atoms with van der Waals surface area (Å²) in [6.45, 7) is 4.63. The van der Waals surface area contributed by atoms with Crippen molar-refractivity contribution in [2.24, 2.45) is 0 Å². The van der Waals surface area contributed by atoms with E-state index >= 15 is 0 Å². The topological polar surface area (TPSA) is 45.2 Å². The van der Waals surface area contributed by atoms with Crippen molar-refractivity contribution in [2.45, 2.75) is 6.10 Å². The Labute approximate surface area is 172 Å². The van der Waals surface area contributed by atoms with Gasteiger partial charge in [0.1, 0.15) is 24.2 Å². The van der Waals surface area contributed by atoms with Crippen molar-refractivity contribution in [3.63, 3.8) is 0 Å². The van der Waals surface area contributed by atoms with Gasteiger partial charge in [-0.25, -0.2) is 0 Å². The summed E-state index contributed by atoms with van der Waals surface area (Å²) >= 11 is 0. The molecule has 4 rings (SSSR count). The van der Waals surface area contributed by atoms with Crippen LogP contribution < -0.4 is 14.4 Å². The number of rotatable bonds is 7. The highest BCUT2D eigenvalue weighted by atomic mass is 16.5. The lowest BCUT2D eigenvalue weighted by molar-refractivity contribution is 0.0668. The van der Waals surface area contributed by atoms with Crippen molar-refractivity contribution in [3.8, 4) is 11.5 Å². The van der Waals surface area contributed by atoms with Crippen LogP contribution in [0.1, 0.15) is 0 Å². The van der Waals surface area contributed by atoms with Crippen LogP contribution in [0.5, 0.6) is 11.5 Å². The largest absolute Gasteiger partial charge is 0.497 e. The molecule has 0 spiro atoms. The maximum atomic E-state index is 10.5. The first-order chi connectivity index (χ1) is 14.2. The molecule has 0 radical (unpaired) electrons. The minimum atomic E-state index is -0.516. The second-order valence-electron chi connectivity index (χ2n) is 7.43. The van der Waals surface area contributed by atoms with Crippen molar-refractivity contribution < 1.29 is 14.6 Å². The fourth-order valence-corrected chi connectivity index (χ4v) is 3.85. The lowest BCUT2D eigenvalue weighted by atomic mass is 10.1. The molecule has 29 heavy (non-hydrogen) atoms. The zero-order chi connectivity index (χ0) is 20.1. The monoisotopic (exact) mass is 392 g/mol. The van der Waals surface area contributed by atoms with Gasteiger partial charge in [-0.2, -0.15) is 0 Å². The van der Waals surface area contributed by atoms with E-state index < -0.39 is 6.10 Å². The summed E-state index contributed by atoms with van der Waals surface area (Å²) in [5.74, 6) is 1.70. The van der Waals surface area contributed by atoms with E-state index in [1.807, 2.05) is 36.4 Å². The zero-order valence-corrected chi connectivity index (χ0v) is 16.8. The minimum Gasteiger partial charge on any atom is -0.497 e. The van der Waals surface area contributed by atoms with Crippen LogP contribution in [0.15, 0.2) is 66.7 Å². The molecule has 0 bridgehead atoms. The number of nitrogens with zero attached hydrogens (tertiary/aromatic N) is 2. The third kappa shape index (κ3) is 4.81. The quantitative estimate of drug-likeness (QED) is 0.668. The lowest BCUT2D eigenvalue weighted by Gasteiger charge is -2.37. The van der Waals surface area contributed by atoms with Gasteiger partial charge in [0, 0.05) is 49.9 Å². The van der Waals surface area contributed by atoms with Crippen LogP contribution in [0, 0.1) is 0 Å². The molecule has 1 fully saturated rings. The molecule has 1 aliphatic heterocycles. The van der Waals surface area contributed by atoms with Gasteiger partial charge in [0.15, 0.2) is 0 Å². The highest BCUT2D eigenvalue weighted by Crippen LogP contribution is 2.25. The predicted octanol–water partition coefficient (Wildman–Crippen LogP) is 3.41. The summed E-state index contributed by atoms with van der Waals surface area (Å²) in [7, 11) is 1.69. The summed E-state index contributed by atoms with van der Waals surface area (Å²) in [4.78, 5) is 4.66. The van der Waals surface area contributed by atoms with Gasteiger partial charge in [0.2, 0.25) is 0 Å². The molecule has 152 valence electrons. The van der Waals surface area contributed by atoms with Crippen LogP contribution in [0.4, 0.5) is 5.69 Å². The molecule has 1 aliphatic rings. The van der Waals surface area contributed by atoms with E-state index in [0.717, 1.165) is 48.5 Å². The van der Waals surface area contributed by atoms with Gasteiger partial charge in [-0.05, 0) is 23.6 Å². The van der Waals surface area contributed by atoms with E-state index in [2.05, 4.69) is 40.1 Å². The van der Waals surface area contributed by atoms with E-state index in [1.54, 1.807) is 7.11 Å². The van der Waals surface area contributed by atoms with E-state index in [-0.39, 0.29) is 0 Å². The van der Waals surface area contributed by atoms with Gasteiger partial charge in [-0.3, -0.25) is 4.90 Å². The fraction of sp³-hybridized carbons (Fsp3) is 0.333. The normalized spacial score (nSPS) is 16.0. The lowest BCUT2D eigenvalue weighted by Crippen LogP contribution is -2.49. The van der Waals surface area contributed by atoms with Gasteiger partial charge in [-0.15, -0.1) is 0 Å². The third-order valence-electron chi connectivity index (χ3n) is 5.44. The molecule has 5 heteroatoms. The molecule has 0 amide bonds. The number of ether oxygens (including phenoxy) is 2. The maximum absolute atomic E-state index is 10.5. The molecule has 1 saturated heterocycles. The number of aliphatic hydroxyl groups is 1. The van der Waals surface area contributed by atoms with Gasteiger partial charge in [0.25, 0.3) is 0 Å². The van der Waals surface area contributed by atoms with Crippen LogP contribution in [-0.4, -0.2) is 62.6 Å². The molecule has 1 N–H and O–H groups in total. The number of hydrogen-bond donors (Lipinski definition) is 1. The summed E-state index contributed by atoms with van der Waals surface area (Å²) in [5.41, 5.74) is 1.18. The average Bonchev–Trinajstić information content (AvgIpc) is 2.78. The maximum Gasteiger partial charge on any atom is 0.127 e. The summed E-state index contributed by atoms with van der Waals surface area (Å²) in [5, 5.41) is 12.7. The van der Waals surface area contributed by atoms with Crippen LogP contribution in [0.3, 0.4) is 0 Å². The second-order valence-corrected chi connectivity index (χ2v) is 7.43. The SMILES string of the molecule is COc1cccc(N2CCN(CC(O)COc3cccc4ccccc34)CC2)c1. The van der Waals surface area contributed by atoms with Crippen LogP contribution >= 0.6 is 0 Å². The third-order valence-corrected chi connectivity index (χ3v) is 5.44. The molecular formula is C24H28N2O3. The highest BCUT2D eigenvalue weighted by molar-refractivity contribution is 5.88. The van der Waals surface area contributed by atoms with Crippen molar-refractivity contribution in [1.82, 2.24) is 4.90 Å². The van der Waals surface area contributed by atoms with E-state index in [1.165, 1.54) is 5.69 Å². The first-order valence-electron chi connectivity index (χ1n) is 10.1. The minimum absolute atomic E-state index is 0.296. The number of benzene rings is 3. The van der Waals surface area contributed by atoms with Crippen LogP contribution in [0.2, 0.25) is 0 Å². The number of methoxy groups -OCH3 is 1. The molecule has 5 nitrogen and oxygen atoms in total. The molecular weight excluding hydrogens is 364 g/mol. The predicted molar refractivity (Wildman–Crippen MR) is 117 cm³/mol. The van der Waals surface area contributed by atoms with Crippen molar-refractivity contribution in [2.75, 3.05) is 51.3 Å². The molecule has 1 unspecified atom stereocenters. The van der Waals surface area contributed by atoms with Crippen LogP contribution in [0.25, 0.3) is 10.8 Å². The van der Waals surface area contributed by atoms with Crippen molar-refractivity contribution in [1.29, 1.82) is 0 Å². The fourth-order valence-electron chi connectivity index (χ4n) is 3.85. The standard InChI is InChI=1S/C24H28N2O3/c1-28-22-9-5-8-20(16-22)26-14-12-25(13-15-26)17-21(27)18-29-24-11-4-7-19-6-2-3-10-23(19)24/h2-11,16,21,27H,12-15,17-18H2,1H3. The molecule has 1 atom stereocenters. The van der Waals surface area contributed by atoms with Crippen molar-refractivity contribution in [3.05, 3.63) is 66.7 Å². The Balaban J connectivity index is 1.27. The van der Waals surface area contributed by atoms with Gasteiger partial charge in [-0.1, -0.05) is 42.5 Å². The number of anilines is 1. The van der Waals surface area contributed by atoms with Gasteiger partial charge in [0.05, 0.1) is 7.11 Å². The summed E-state index contributed by atoms with van der Waals surface area (Å²) < 4.78 is 11.3. The Morgan fingerprint density at radius 1 is 0.931 bits per heavy atom. The molecule has 1 heterocycles. The molecule has 0 aliphatic carbocycles. The number of aliphatic hydroxyl groups excluding tert-OH is 1. The first-order valence-corrected chi connectivity index (χ1v) is 10.1. The number of β-amino-alcohol motifs (C(OH)–C–C–N with tert-alkyl or cyclic N) is 1. The molecule has 0 saturated carbocycles. The van der Waals surface area contributed by atoms with Crippen LogP contribution in [-0.2, 0) is 0 Å². The smallest absolute Gasteiger partial charge is 0.127 e. The Hall–Kier alpha value is -2.76. The van der Waals surface area contributed by atoms with E-state index in [9.17, 15) is 5.11 Å². The van der Waals surface area contributed by atoms with Crippen molar-refractivity contribution >= 4 is 16.5 Å². The van der Waals surface area contributed by atoms with E-state index in [4.69, 9.17) is 9.47 Å². The number of piperazine rings is 1. The summed E-state index contributed by atoms with van der Waals surface area (Å²) in [6, 6.07) is 22.3. The summed E-state index contributed by atoms with van der Waals surface area (Å²) in [6.07, 6.45) is -0.516. The highest BCUT2D eigenvalue weighted by Gasteiger charge is 2.20. The Morgan fingerprint density at radius 2 is 1.69 bits per heavy atom. The number of fused-ring (bicyclic) bond motifs is 1. The molecule has 3 aromatic carbocycles. The zero-order valence-electron chi connectivity index (χ0n) is 16.8. The van der Waals surface area contributed by atoms with Gasteiger partial charge >= 0.3 is 0 Å². The second kappa shape index (κ2) is 9.16. The van der Waals surface area contributed by atoms with E-state index in [0.29, 0.717) is 13.2 Å². The Kier molecular flexibility index (Phi) is 6.17. The van der Waals surface area contributed by atoms with Gasteiger partial charge < -0.3 is 19.5 Å².